The van der Waals surface area contributed by atoms with Crippen molar-refractivity contribution in [3.8, 4) is 11.1 Å². The van der Waals surface area contributed by atoms with Crippen LogP contribution in [-0.4, -0.2) is 57.9 Å². The van der Waals surface area contributed by atoms with E-state index in [2.05, 4.69) is 10.3 Å². The highest BCUT2D eigenvalue weighted by molar-refractivity contribution is 6.11. The zero-order valence-electron chi connectivity index (χ0n) is 20.5. The van der Waals surface area contributed by atoms with E-state index in [1.165, 1.54) is 21.9 Å². The second-order valence-corrected chi connectivity index (χ2v) is 9.62. The minimum Gasteiger partial charge on any atom is -0.393 e. The van der Waals surface area contributed by atoms with E-state index in [-0.39, 0.29) is 30.0 Å². The van der Waals surface area contributed by atoms with Gasteiger partial charge in [0.05, 0.1) is 17.4 Å². The summed E-state index contributed by atoms with van der Waals surface area (Å²) < 4.78 is 14.5. The Kier molecular flexibility index (Phi) is 6.47. The van der Waals surface area contributed by atoms with E-state index in [0.29, 0.717) is 29.7 Å². The van der Waals surface area contributed by atoms with E-state index in [4.69, 9.17) is 0 Å². The van der Waals surface area contributed by atoms with Crippen LogP contribution in [0.1, 0.15) is 46.0 Å². The Balaban J connectivity index is 1.44. The number of pyridine rings is 1. The van der Waals surface area contributed by atoms with Crippen molar-refractivity contribution in [3.05, 3.63) is 83.4 Å². The molecule has 3 aromatic rings. The molecular weight excluding hydrogens is 475 g/mol. The fourth-order valence-electron chi connectivity index (χ4n) is 4.83. The Bertz CT molecular complexity index is 1370. The summed E-state index contributed by atoms with van der Waals surface area (Å²) in [5, 5.41) is 12.2. The highest BCUT2D eigenvalue weighted by Gasteiger charge is 2.36. The summed E-state index contributed by atoms with van der Waals surface area (Å²) in [6, 6.07) is 12.0. The van der Waals surface area contributed by atoms with Crippen LogP contribution < -0.4 is 10.2 Å². The molecule has 3 amide bonds. The smallest absolute Gasteiger partial charge is 0.256 e. The first-order valence-electron chi connectivity index (χ1n) is 12.1. The Hall–Kier alpha value is -4.11. The number of aromatic nitrogens is 1. The minimum absolute atomic E-state index is 0.0503. The SMILES string of the molecule is C[C@@H]1C(=O)N(C)c2cc(-c3ccncc3)ccc2C(=O)N1Cc1cc(F)cc(C(=O)NC2CC(O)C2)c1. The van der Waals surface area contributed by atoms with E-state index in [1.54, 1.807) is 38.5 Å². The molecule has 0 radical (unpaired) electrons. The number of halogens is 1. The first-order chi connectivity index (χ1) is 17.7. The lowest BCUT2D eigenvalue weighted by Crippen LogP contribution is -2.46. The molecule has 2 aliphatic rings. The lowest BCUT2D eigenvalue weighted by atomic mass is 9.89. The molecule has 0 spiro atoms. The van der Waals surface area contributed by atoms with E-state index in [9.17, 15) is 23.9 Å². The van der Waals surface area contributed by atoms with Gasteiger partial charge in [0.25, 0.3) is 11.8 Å². The van der Waals surface area contributed by atoms with E-state index < -0.39 is 23.9 Å². The largest absolute Gasteiger partial charge is 0.393 e. The molecule has 1 saturated carbocycles. The van der Waals surface area contributed by atoms with Crippen molar-refractivity contribution < 1.29 is 23.9 Å². The quantitative estimate of drug-likeness (QED) is 0.558. The van der Waals surface area contributed by atoms with Crippen LogP contribution in [-0.2, 0) is 11.3 Å². The molecule has 9 heteroatoms. The standard InChI is InChI=1S/C28H27FN4O4/c1-16-27(36)32(2)25-12-19(18-5-7-30-8-6-18)3-4-24(25)28(37)33(16)15-17-9-20(11-21(29)10-17)26(35)31-22-13-23(34)14-22/h3-12,16,22-23,34H,13-15H2,1-2H3,(H,31,35)/t16-,22?,23?/m1/s1. The number of aliphatic hydroxyl groups is 1. The lowest BCUT2D eigenvalue weighted by molar-refractivity contribution is -0.122. The van der Waals surface area contributed by atoms with Crippen LogP contribution in [0.5, 0.6) is 0 Å². The van der Waals surface area contributed by atoms with Crippen molar-refractivity contribution in [2.75, 3.05) is 11.9 Å². The normalized spacial score (nSPS) is 21.2. The molecular formula is C28H27FN4O4. The Morgan fingerprint density at radius 1 is 1.08 bits per heavy atom. The monoisotopic (exact) mass is 502 g/mol. The minimum atomic E-state index is -0.814. The third-order valence-corrected chi connectivity index (χ3v) is 7.04. The van der Waals surface area contributed by atoms with Gasteiger partial charge < -0.3 is 20.2 Å². The Morgan fingerprint density at radius 3 is 2.51 bits per heavy atom. The van der Waals surface area contributed by atoms with Gasteiger partial charge in [-0.2, -0.15) is 0 Å². The molecule has 0 unspecified atom stereocenters. The van der Waals surface area contributed by atoms with Gasteiger partial charge in [-0.15, -0.1) is 0 Å². The summed E-state index contributed by atoms with van der Waals surface area (Å²) >= 11 is 0. The zero-order chi connectivity index (χ0) is 26.3. The Morgan fingerprint density at radius 2 is 1.81 bits per heavy atom. The first kappa shape index (κ1) is 24.6. The van der Waals surface area contributed by atoms with Crippen LogP contribution in [0.4, 0.5) is 10.1 Å². The van der Waals surface area contributed by atoms with Crippen molar-refractivity contribution in [2.24, 2.45) is 0 Å². The average Bonchev–Trinajstić information content (AvgIpc) is 2.94. The van der Waals surface area contributed by atoms with Crippen molar-refractivity contribution in [1.82, 2.24) is 15.2 Å². The highest BCUT2D eigenvalue weighted by atomic mass is 19.1. The van der Waals surface area contributed by atoms with Crippen LogP contribution in [0.3, 0.4) is 0 Å². The second-order valence-electron chi connectivity index (χ2n) is 9.62. The summed E-state index contributed by atoms with van der Waals surface area (Å²) in [5.41, 5.74) is 3.11. The van der Waals surface area contributed by atoms with Gasteiger partial charge in [-0.3, -0.25) is 19.4 Å². The first-order valence-corrected chi connectivity index (χ1v) is 12.1. The van der Waals surface area contributed by atoms with Crippen molar-refractivity contribution in [1.29, 1.82) is 0 Å². The highest BCUT2D eigenvalue weighted by Crippen LogP contribution is 2.32. The number of nitrogens with one attached hydrogen (secondary N) is 1. The molecule has 1 aromatic heterocycles. The molecule has 2 heterocycles. The molecule has 2 N–H and O–H groups in total. The van der Waals surface area contributed by atoms with Gasteiger partial charge in [0.2, 0.25) is 5.91 Å². The summed E-state index contributed by atoms with van der Waals surface area (Å²) in [7, 11) is 1.63. The number of anilines is 1. The van der Waals surface area contributed by atoms with Gasteiger partial charge in [-0.25, -0.2) is 4.39 Å². The molecule has 1 aliphatic carbocycles. The van der Waals surface area contributed by atoms with E-state index >= 15 is 0 Å². The number of nitrogens with zero attached hydrogens (tertiary/aromatic N) is 3. The van der Waals surface area contributed by atoms with Gasteiger partial charge in [0, 0.05) is 37.6 Å². The molecule has 8 nitrogen and oxygen atoms in total. The topological polar surface area (TPSA) is 103 Å². The molecule has 1 aliphatic heterocycles. The zero-order valence-corrected chi connectivity index (χ0v) is 20.5. The summed E-state index contributed by atoms with van der Waals surface area (Å²) in [6.45, 7) is 1.59. The van der Waals surface area contributed by atoms with Crippen LogP contribution in [0.15, 0.2) is 60.9 Å². The maximum absolute atomic E-state index is 14.5. The lowest BCUT2D eigenvalue weighted by Gasteiger charge is -2.32. The number of benzene rings is 2. The number of hydrogen-bond acceptors (Lipinski definition) is 5. The average molecular weight is 503 g/mol. The van der Waals surface area contributed by atoms with Crippen molar-refractivity contribution in [2.45, 2.75) is 44.5 Å². The summed E-state index contributed by atoms with van der Waals surface area (Å²) in [5.74, 6) is -1.70. The summed E-state index contributed by atoms with van der Waals surface area (Å²) in [4.78, 5) is 46.5. The Labute approximate surface area is 213 Å². The molecule has 37 heavy (non-hydrogen) atoms. The van der Waals surface area contributed by atoms with Gasteiger partial charge in [-0.05, 0) is 78.9 Å². The van der Waals surface area contributed by atoms with Gasteiger partial charge >= 0.3 is 0 Å². The fraction of sp³-hybridized carbons (Fsp3) is 0.286. The number of carbonyl (C=O) groups is 3. The number of fused-ring (bicyclic) bond motifs is 1. The van der Waals surface area contributed by atoms with Crippen LogP contribution in [0, 0.1) is 5.82 Å². The fourth-order valence-corrected chi connectivity index (χ4v) is 4.83. The second kappa shape index (κ2) is 9.74. The maximum Gasteiger partial charge on any atom is 0.256 e. The van der Waals surface area contributed by atoms with Crippen LogP contribution >= 0.6 is 0 Å². The van der Waals surface area contributed by atoms with E-state index in [0.717, 1.165) is 17.2 Å². The number of hydrogen-bond donors (Lipinski definition) is 2. The van der Waals surface area contributed by atoms with Crippen molar-refractivity contribution in [3.63, 3.8) is 0 Å². The van der Waals surface area contributed by atoms with Crippen LogP contribution in [0.2, 0.25) is 0 Å². The summed E-state index contributed by atoms with van der Waals surface area (Å²) in [6.07, 6.45) is 3.85. The molecule has 0 bridgehead atoms. The number of rotatable bonds is 5. The predicted molar refractivity (Wildman–Crippen MR) is 135 cm³/mol. The van der Waals surface area contributed by atoms with Gasteiger partial charge in [0.15, 0.2) is 0 Å². The maximum atomic E-state index is 14.5. The molecule has 1 atom stereocenters. The predicted octanol–water partition coefficient (Wildman–Crippen LogP) is 3.15. The third kappa shape index (κ3) is 4.82. The van der Waals surface area contributed by atoms with Gasteiger partial charge in [-0.1, -0.05) is 6.07 Å². The van der Waals surface area contributed by atoms with Crippen molar-refractivity contribution >= 4 is 23.4 Å². The molecule has 0 saturated heterocycles. The molecule has 1 fully saturated rings. The van der Waals surface area contributed by atoms with Crippen LogP contribution in [0.25, 0.3) is 11.1 Å². The van der Waals surface area contributed by atoms with Gasteiger partial charge in [0.1, 0.15) is 11.9 Å². The number of carbonyl (C=O) groups excluding carboxylic acids is 3. The number of likely N-dealkylation sites (N-methyl/N-ethyl adjacent to an activating group) is 1. The molecule has 5 rings (SSSR count). The molecule has 2 aromatic carbocycles. The molecule has 190 valence electrons. The number of aliphatic hydroxyl groups excluding tert-OH is 1. The van der Waals surface area contributed by atoms with E-state index in [1.807, 2.05) is 18.2 Å². The number of amides is 3. The third-order valence-electron chi connectivity index (χ3n) is 7.04.